The molecule has 2 rings (SSSR count). The van der Waals surface area contributed by atoms with E-state index in [1.807, 2.05) is 6.92 Å². The summed E-state index contributed by atoms with van der Waals surface area (Å²) in [5.41, 5.74) is -0.658. The summed E-state index contributed by atoms with van der Waals surface area (Å²) >= 11 is 0. The highest BCUT2D eigenvalue weighted by Crippen LogP contribution is 2.23. The fourth-order valence-corrected chi connectivity index (χ4v) is 2.24. The van der Waals surface area contributed by atoms with Crippen LogP contribution in [0.5, 0.6) is 0 Å². The van der Waals surface area contributed by atoms with Gasteiger partial charge in [-0.3, -0.25) is 4.79 Å². The zero-order valence-electron chi connectivity index (χ0n) is 11.6. The number of ether oxygens (including phenoxy) is 1. The van der Waals surface area contributed by atoms with E-state index in [1.165, 1.54) is 7.05 Å². The predicted molar refractivity (Wildman–Crippen MR) is 71.8 cm³/mol. The molecule has 2 N–H and O–H groups in total. The summed E-state index contributed by atoms with van der Waals surface area (Å²) in [6, 6.07) is 2.07. The lowest BCUT2D eigenvalue weighted by Crippen LogP contribution is -2.49. The van der Waals surface area contributed by atoms with Crippen molar-refractivity contribution in [3.8, 4) is 0 Å². The van der Waals surface area contributed by atoms with Gasteiger partial charge in [0.25, 0.3) is 5.91 Å². The Hall–Kier alpha value is -1.69. The molecule has 1 aromatic carbocycles. The average Bonchev–Trinajstić information content (AvgIpc) is 2.38. The lowest BCUT2D eigenvalue weighted by Gasteiger charge is -2.34. The molecule has 0 bridgehead atoms. The summed E-state index contributed by atoms with van der Waals surface area (Å²) in [5.74, 6) is -2.04. The van der Waals surface area contributed by atoms with E-state index in [9.17, 15) is 13.6 Å². The molecule has 6 heteroatoms. The maximum absolute atomic E-state index is 13.6. The maximum Gasteiger partial charge on any atom is 0.251 e. The van der Waals surface area contributed by atoms with E-state index in [-0.39, 0.29) is 11.3 Å². The van der Waals surface area contributed by atoms with Gasteiger partial charge in [0.05, 0.1) is 0 Å². The van der Waals surface area contributed by atoms with Crippen molar-refractivity contribution in [1.29, 1.82) is 0 Å². The van der Waals surface area contributed by atoms with Crippen molar-refractivity contribution >= 4 is 11.6 Å². The van der Waals surface area contributed by atoms with Gasteiger partial charge in [0.15, 0.2) is 0 Å². The fourth-order valence-electron chi connectivity index (χ4n) is 2.24. The van der Waals surface area contributed by atoms with Crippen LogP contribution in [0, 0.1) is 11.6 Å². The van der Waals surface area contributed by atoms with Gasteiger partial charge in [-0.1, -0.05) is 0 Å². The standard InChI is InChI=1S/C14H18F2N2O2/c1-14(3-5-20-6-4-14)18-13(19)9-7-10(15)12(17-2)11(16)8-9/h7-8,17H,3-6H2,1-2H3,(H,18,19). The van der Waals surface area contributed by atoms with E-state index >= 15 is 0 Å². The first kappa shape index (κ1) is 14.7. The summed E-state index contributed by atoms with van der Waals surface area (Å²) in [6.45, 7) is 3.04. The molecule has 0 atom stereocenters. The van der Waals surface area contributed by atoms with Crippen molar-refractivity contribution < 1.29 is 18.3 Å². The van der Waals surface area contributed by atoms with Gasteiger partial charge in [0, 0.05) is 31.4 Å². The van der Waals surface area contributed by atoms with E-state index in [0.717, 1.165) is 12.1 Å². The zero-order chi connectivity index (χ0) is 14.8. The molecule has 1 fully saturated rings. The van der Waals surface area contributed by atoms with Crippen LogP contribution in [0.25, 0.3) is 0 Å². The van der Waals surface area contributed by atoms with Gasteiger partial charge in [0.2, 0.25) is 0 Å². The molecule has 20 heavy (non-hydrogen) atoms. The smallest absolute Gasteiger partial charge is 0.251 e. The van der Waals surface area contributed by atoms with Crippen LogP contribution in [-0.4, -0.2) is 31.7 Å². The Balaban J connectivity index is 2.17. The van der Waals surface area contributed by atoms with Gasteiger partial charge in [-0.25, -0.2) is 8.78 Å². The molecule has 1 saturated heterocycles. The summed E-state index contributed by atoms with van der Waals surface area (Å²) in [7, 11) is 1.42. The van der Waals surface area contributed by atoms with Crippen molar-refractivity contribution in [2.45, 2.75) is 25.3 Å². The van der Waals surface area contributed by atoms with E-state index in [4.69, 9.17) is 4.74 Å². The Bertz CT molecular complexity index is 491. The lowest BCUT2D eigenvalue weighted by atomic mass is 9.92. The van der Waals surface area contributed by atoms with Crippen LogP contribution >= 0.6 is 0 Å². The number of hydrogen-bond acceptors (Lipinski definition) is 3. The normalized spacial score (nSPS) is 17.6. The monoisotopic (exact) mass is 284 g/mol. The molecule has 1 aliphatic rings. The molecule has 0 aromatic heterocycles. The van der Waals surface area contributed by atoms with Gasteiger partial charge < -0.3 is 15.4 Å². The molecule has 1 aromatic rings. The largest absolute Gasteiger partial charge is 0.383 e. The van der Waals surface area contributed by atoms with Crippen LogP contribution in [0.1, 0.15) is 30.1 Å². The van der Waals surface area contributed by atoms with Crippen molar-refractivity contribution in [3.05, 3.63) is 29.3 Å². The van der Waals surface area contributed by atoms with Gasteiger partial charge in [-0.15, -0.1) is 0 Å². The number of carbonyl (C=O) groups is 1. The third-order valence-electron chi connectivity index (χ3n) is 3.57. The average molecular weight is 284 g/mol. The van der Waals surface area contributed by atoms with Crippen LogP contribution in [0.4, 0.5) is 14.5 Å². The summed E-state index contributed by atoms with van der Waals surface area (Å²) in [4.78, 5) is 12.1. The number of anilines is 1. The number of amides is 1. The number of nitrogens with one attached hydrogen (secondary N) is 2. The maximum atomic E-state index is 13.6. The van der Waals surface area contributed by atoms with E-state index in [2.05, 4.69) is 10.6 Å². The van der Waals surface area contributed by atoms with Crippen LogP contribution in [0.3, 0.4) is 0 Å². The first-order valence-corrected chi connectivity index (χ1v) is 6.52. The fraction of sp³-hybridized carbons (Fsp3) is 0.500. The van der Waals surface area contributed by atoms with Gasteiger partial charge in [-0.2, -0.15) is 0 Å². The summed E-state index contributed by atoms with van der Waals surface area (Å²) in [6.07, 6.45) is 1.36. The topological polar surface area (TPSA) is 50.4 Å². The Labute approximate surface area is 116 Å². The predicted octanol–water partition coefficient (Wildman–Crippen LogP) is 2.31. The molecule has 1 aliphatic heterocycles. The first-order chi connectivity index (χ1) is 9.45. The second-order valence-electron chi connectivity index (χ2n) is 5.19. The minimum absolute atomic E-state index is 0.0216. The van der Waals surface area contributed by atoms with Crippen LogP contribution in [0.2, 0.25) is 0 Å². The van der Waals surface area contributed by atoms with Crippen LogP contribution in [-0.2, 0) is 4.74 Å². The van der Waals surface area contributed by atoms with E-state index in [0.29, 0.717) is 26.1 Å². The second kappa shape index (κ2) is 5.75. The van der Waals surface area contributed by atoms with Crippen molar-refractivity contribution in [3.63, 3.8) is 0 Å². The number of hydrogen-bond donors (Lipinski definition) is 2. The molecule has 0 aliphatic carbocycles. The third kappa shape index (κ3) is 3.07. The Morgan fingerprint density at radius 1 is 1.25 bits per heavy atom. The molecule has 0 unspecified atom stereocenters. The molecule has 0 radical (unpaired) electrons. The highest BCUT2D eigenvalue weighted by Gasteiger charge is 2.29. The minimum atomic E-state index is -0.783. The third-order valence-corrected chi connectivity index (χ3v) is 3.57. The lowest BCUT2D eigenvalue weighted by molar-refractivity contribution is 0.0422. The molecule has 0 spiro atoms. The number of carbonyl (C=O) groups excluding carboxylic acids is 1. The molecular formula is C14H18F2N2O2. The SMILES string of the molecule is CNc1c(F)cc(C(=O)NC2(C)CCOCC2)cc1F. The van der Waals surface area contributed by atoms with Crippen molar-refractivity contribution in [2.24, 2.45) is 0 Å². The molecule has 1 amide bonds. The molecule has 4 nitrogen and oxygen atoms in total. The van der Waals surface area contributed by atoms with Gasteiger partial charge >= 0.3 is 0 Å². The van der Waals surface area contributed by atoms with Gasteiger partial charge in [0.1, 0.15) is 17.3 Å². The zero-order valence-corrected chi connectivity index (χ0v) is 11.6. The van der Waals surface area contributed by atoms with Crippen molar-refractivity contribution in [1.82, 2.24) is 5.32 Å². The number of rotatable bonds is 3. The quantitative estimate of drug-likeness (QED) is 0.895. The summed E-state index contributed by atoms with van der Waals surface area (Å²) < 4.78 is 32.5. The molecular weight excluding hydrogens is 266 g/mol. The van der Waals surface area contributed by atoms with Crippen LogP contribution < -0.4 is 10.6 Å². The highest BCUT2D eigenvalue weighted by atomic mass is 19.1. The Morgan fingerprint density at radius 2 is 1.80 bits per heavy atom. The first-order valence-electron chi connectivity index (χ1n) is 6.52. The Morgan fingerprint density at radius 3 is 2.30 bits per heavy atom. The Kier molecular flexibility index (Phi) is 4.23. The van der Waals surface area contributed by atoms with Crippen LogP contribution in [0.15, 0.2) is 12.1 Å². The second-order valence-corrected chi connectivity index (χ2v) is 5.19. The number of benzene rings is 1. The number of halogens is 2. The highest BCUT2D eigenvalue weighted by molar-refractivity contribution is 5.95. The van der Waals surface area contributed by atoms with E-state index < -0.39 is 23.1 Å². The van der Waals surface area contributed by atoms with E-state index in [1.54, 1.807) is 0 Å². The molecule has 1 heterocycles. The van der Waals surface area contributed by atoms with Gasteiger partial charge in [-0.05, 0) is 31.9 Å². The summed E-state index contributed by atoms with van der Waals surface area (Å²) in [5, 5.41) is 5.25. The molecule has 0 saturated carbocycles. The molecule has 110 valence electrons. The van der Waals surface area contributed by atoms with Crippen molar-refractivity contribution in [2.75, 3.05) is 25.6 Å². The minimum Gasteiger partial charge on any atom is -0.383 e.